The standard InChI is InChI=1S/C48H28O3.C42H26OS.C42H26S2/c1-3-15-39-37(9-1)45-33(11-5-17-41(45)49-39)29-21-25-31(26-22-29)35-13-7-19-43-47(35)48-36(14-8-20-44(48)51-43)32-27-23-30(24-28-32)34-12-6-18-42-46(34)38-10-2-4-16-40(38)50-42;1-2-9-27(10-3-1)28-17-19-29(20-18-28)30-21-23-31(24-22-30)32-25-37-34-12-5-7-16-40(34)44-42(37)38(26-32)36-14-8-13-35-33-11-4-6-15-39(33)43-41(35)36;1-2-10-27(11-3-1)30-12-8-13-31(24-30)28-20-22-29(23-21-28)32-25-37-34-15-5-7-19-40(34)44-42(37)38(26-32)36-17-9-16-35-33-14-4-6-18-39(33)43-41(35)36/h1-28H;2*1-26H. The van der Waals surface area contributed by atoms with Gasteiger partial charge in [0, 0.05) is 126 Å². The molecule has 0 saturated carbocycles. The molecule has 29 aromatic rings. The maximum atomic E-state index is 6.51. The Morgan fingerprint density at radius 3 is 0.820 bits per heavy atom. The Morgan fingerprint density at radius 1 is 0.122 bits per heavy atom. The number of hydrogen-bond acceptors (Lipinski definition) is 7. The Kier molecular flexibility index (Phi) is 19.9. The van der Waals surface area contributed by atoms with Crippen LogP contribution in [-0.4, -0.2) is 0 Å². The summed E-state index contributed by atoms with van der Waals surface area (Å²) < 4.78 is 33.3. The lowest BCUT2D eigenvalue weighted by atomic mass is 9.92. The average Bonchev–Trinajstić information content (AvgIpc) is 1.59. The third kappa shape index (κ3) is 14.3. The first-order valence-corrected chi connectivity index (χ1v) is 49.5. The van der Waals surface area contributed by atoms with Crippen molar-refractivity contribution in [2.45, 2.75) is 0 Å². The highest BCUT2D eigenvalue weighted by atomic mass is 32.1. The highest BCUT2D eigenvalue weighted by molar-refractivity contribution is 7.27. The molecule has 0 amide bonds. The first kappa shape index (κ1) is 81.3. The van der Waals surface area contributed by atoms with Gasteiger partial charge in [0.05, 0.1) is 0 Å². The van der Waals surface area contributed by atoms with Crippen LogP contribution in [0.5, 0.6) is 0 Å². The molecule has 139 heavy (non-hydrogen) atoms. The van der Waals surface area contributed by atoms with Crippen LogP contribution in [-0.2, 0) is 0 Å². The number of hydrogen-bond donors (Lipinski definition) is 0. The molecule has 0 saturated heterocycles. The first-order valence-electron chi connectivity index (χ1n) is 47.1. The second-order valence-electron chi connectivity index (χ2n) is 35.8. The molecule has 0 aliphatic carbocycles. The molecule has 7 heteroatoms. The summed E-state index contributed by atoms with van der Waals surface area (Å²) in [5, 5.41) is 17.0. The summed E-state index contributed by atoms with van der Waals surface area (Å²) in [6.07, 6.45) is 0. The quantitative estimate of drug-likeness (QED) is 0.122. The second-order valence-corrected chi connectivity index (χ2v) is 38.9. The van der Waals surface area contributed by atoms with Gasteiger partial charge in [0.25, 0.3) is 0 Å². The zero-order valence-corrected chi connectivity index (χ0v) is 77.5. The number of thiophene rings is 3. The van der Waals surface area contributed by atoms with Crippen LogP contribution in [0.25, 0.3) is 282 Å². The van der Waals surface area contributed by atoms with Crippen LogP contribution in [0.15, 0.2) is 503 Å². The normalized spacial score (nSPS) is 11.7. The molecule has 0 aliphatic rings. The number of fused-ring (bicyclic) bond motifs is 21. The van der Waals surface area contributed by atoms with E-state index in [1.165, 1.54) is 155 Å². The van der Waals surface area contributed by atoms with Gasteiger partial charge in [0.15, 0.2) is 0 Å². The fourth-order valence-electron chi connectivity index (χ4n) is 21.0. The van der Waals surface area contributed by atoms with Crippen LogP contribution >= 0.6 is 34.0 Å². The molecule has 0 radical (unpaired) electrons. The molecular formula is C132H80O4S3. The van der Waals surface area contributed by atoms with E-state index >= 15 is 0 Å². The lowest BCUT2D eigenvalue weighted by Gasteiger charge is -2.11. The molecular weight excluding hydrogens is 1750 g/mol. The van der Waals surface area contributed by atoms with Crippen molar-refractivity contribution in [1.82, 2.24) is 0 Å². The van der Waals surface area contributed by atoms with E-state index in [1.807, 2.05) is 76.5 Å². The Labute approximate surface area is 812 Å². The van der Waals surface area contributed by atoms with Crippen molar-refractivity contribution >= 4 is 182 Å². The van der Waals surface area contributed by atoms with Gasteiger partial charge in [-0.2, -0.15) is 0 Å². The number of benzene rings is 22. The molecule has 0 N–H and O–H groups in total. The van der Waals surface area contributed by atoms with Crippen molar-refractivity contribution in [2.75, 3.05) is 0 Å². The maximum absolute atomic E-state index is 6.51. The van der Waals surface area contributed by atoms with Gasteiger partial charge in [-0.15, -0.1) is 34.0 Å². The van der Waals surface area contributed by atoms with E-state index < -0.39 is 0 Å². The Morgan fingerprint density at radius 2 is 0.381 bits per heavy atom. The zero-order chi connectivity index (χ0) is 91.5. The van der Waals surface area contributed by atoms with E-state index in [4.69, 9.17) is 17.7 Å². The van der Waals surface area contributed by atoms with Crippen molar-refractivity contribution in [2.24, 2.45) is 0 Å². The number of rotatable bonds is 12. The molecule has 0 atom stereocenters. The van der Waals surface area contributed by atoms with E-state index in [2.05, 4.69) is 443 Å². The van der Waals surface area contributed by atoms with Gasteiger partial charge >= 0.3 is 0 Å². The predicted octanol–water partition coefficient (Wildman–Crippen LogP) is 39.8. The maximum Gasteiger partial charge on any atom is 0.143 e. The predicted molar refractivity (Wildman–Crippen MR) is 592 cm³/mol. The van der Waals surface area contributed by atoms with Crippen LogP contribution in [0.2, 0.25) is 0 Å². The van der Waals surface area contributed by atoms with Crippen molar-refractivity contribution in [1.29, 1.82) is 0 Å². The first-order chi connectivity index (χ1) is 68.9. The Hall–Kier alpha value is -17.3. The summed E-state index contributed by atoms with van der Waals surface area (Å²) in [5.74, 6) is 0. The lowest BCUT2D eigenvalue weighted by molar-refractivity contribution is 0.668. The molecule has 0 bridgehead atoms. The van der Waals surface area contributed by atoms with Gasteiger partial charge < -0.3 is 17.7 Å². The summed E-state index contributed by atoms with van der Waals surface area (Å²) in [6, 6.07) is 174. The van der Waals surface area contributed by atoms with E-state index in [0.717, 1.165) is 127 Å². The molecule has 0 fully saturated rings. The Balaban J connectivity index is 0.000000105. The minimum atomic E-state index is 0.879. The van der Waals surface area contributed by atoms with E-state index in [9.17, 15) is 0 Å². The fourth-order valence-corrected chi connectivity index (χ4v) is 24.7. The second kappa shape index (κ2) is 33.9. The number of furan rings is 4. The molecule has 0 unspecified atom stereocenters. The summed E-state index contributed by atoms with van der Waals surface area (Å²) in [7, 11) is 0. The molecule has 650 valence electrons. The third-order valence-electron chi connectivity index (χ3n) is 27.8. The lowest BCUT2D eigenvalue weighted by Crippen LogP contribution is -1.85. The Bertz CT molecular complexity index is 9640. The zero-order valence-electron chi connectivity index (χ0n) is 75.0. The summed E-state index contributed by atoms with van der Waals surface area (Å²) >= 11 is 5.67. The summed E-state index contributed by atoms with van der Waals surface area (Å²) in [5.41, 5.74) is 36.1. The topological polar surface area (TPSA) is 52.6 Å². The summed E-state index contributed by atoms with van der Waals surface area (Å²) in [4.78, 5) is 0. The van der Waals surface area contributed by atoms with Crippen LogP contribution in [0.1, 0.15) is 0 Å². The molecule has 22 aromatic carbocycles. The average molecular weight is 1830 g/mol. The van der Waals surface area contributed by atoms with Crippen molar-refractivity contribution in [3.8, 4) is 134 Å². The van der Waals surface area contributed by atoms with Gasteiger partial charge in [-0.25, -0.2) is 0 Å². The van der Waals surface area contributed by atoms with E-state index in [1.54, 1.807) is 0 Å². The SMILES string of the molecule is c1ccc(-c2ccc(-c3ccc(-c4cc(-c5cccc6c5oc5ccccc56)c5sc6ccccc6c5c4)cc3)cc2)cc1.c1ccc(-c2cccc(-c3ccc(-c4cc(-c5cccc6c5sc5ccccc56)c5sc6ccccc6c5c4)cc3)c2)cc1.c1ccc2c(c1)oc1cccc(-c3ccc(-c4cccc5oc6cccc(-c7ccc(-c8cccc9oc%10ccccc%10c89)cc7)c6c45)cc3)c12. The highest BCUT2D eigenvalue weighted by Crippen LogP contribution is 2.52. The van der Waals surface area contributed by atoms with Gasteiger partial charge in [0.1, 0.15) is 44.7 Å². The van der Waals surface area contributed by atoms with Crippen molar-refractivity contribution in [3.05, 3.63) is 485 Å². The van der Waals surface area contributed by atoms with E-state index in [0.29, 0.717) is 0 Å². The van der Waals surface area contributed by atoms with Gasteiger partial charge in [-0.1, -0.05) is 394 Å². The highest BCUT2D eigenvalue weighted by Gasteiger charge is 2.25. The molecule has 7 aromatic heterocycles. The van der Waals surface area contributed by atoms with Crippen LogP contribution in [0.4, 0.5) is 0 Å². The van der Waals surface area contributed by atoms with Gasteiger partial charge in [-0.05, 0) is 202 Å². The summed E-state index contributed by atoms with van der Waals surface area (Å²) in [6.45, 7) is 0. The molecule has 0 spiro atoms. The van der Waals surface area contributed by atoms with Gasteiger partial charge in [0.2, 0.25) is 0 Å². The molecule has 29 rings (SSSR count). The fraction of sp³-hybridized carbons (Fsp3) is 0. The van der Waals surface area contributed by atoms with Crippen LogP contribution in [0, 0.1) is 0 Å². The minimum absolute atomic E-state index is 0.879. The van der Waals surface area contributed by atoms with Gasteiger partial charge in [-0.3, -0.25) is 0 Å². The van der Waals surface area contributed by atoms with Crippen molar-refractivity contribution < 1.29 is 17.7 Å². The molecule has 7 heterocycles. The number of para-hydroxylation sites is 4. The van der Waals surface area contributed by atoms with E-state index in [-0.39, 0.29) is 0 Å². The third-order valence-corrected chi connectivity index (χ3v) is 31.4. The van der Waals surface area contributed by atoms with Crippen molar-refractivity contribution in [3.63, 3.8) is 0 Å². The monoisotopic (exact) mass is 1820 g/mol. The molecule has 4 nitrogen and oxygen atoms in total. The molecule has 0 aliphatic heterocycles. The van der Waals surface area contributed by atoms with Crippen LogP contribution in [0.3, 0.4) is 0 Å². The largest absolute Gasteiger partial charge is 0.456 e. The minimum Gasteiger partial charge on any atom is -0.456 e. The smallest absolute Gasteiger partial charge is 0.143 e. The van der Waals surface area contributed by atoms with Crippen LogP contribution < -0.4 is 0 Å².